The number of carbonyl (C=O) groups is 1. The molecule has 21 heavy (non-hydrogen) atoms. The average molecular weight is 295 g/mol. The third-order valence-electron chi connectivity index (χ3n) is 3.44. The van der Waals surface area contributed by atoms with E-state index in [9.17, 15) is 9.18 Å². The van der Waals surface area contributed by atoms with E-state index >= 15 is 0 Å². The molecule has 0 saturated carbocycles. The van der Waals surface area contributed by atoms with E-state index in [1.807, 2.05) is 26.8 Å². The van der Waals surface area contributed by atoms with Crippen LogP contribution in [0.4, 0.5) is 9.18 Å². The molecule has 4 nitrogen and oxygen atoms in total. The molecule has 2 rings (SSSR count). The van der Waals surface area contributed by atoms with Crippen molar-refractivity contribution < 1.29 is 18.7 Å². The van der Waals surface area contributed by atoms with Gasteiger partial charge in [-0.15, -0.1) is 0 Å². The van der Waals surface area contributed by atoms with Crippen LogP contribution in [0.15, 0.2) is 18.2 Å². The van der Waals surface area contributed by atoms with E-state index in [-0.39, 0.29) is 17.8 Å². The first-order valence-electron chi connectivity index (χ1n) is 7.11. The van der Waals surface area contributed by atoms with E-state index in [0.29, 0.717) is 18.8 Å². The molecule has 1 aromatic rings. The van der Waals surface area contributed by atoms with Crippen LogP contribution < -0.4 is 4.74 Å². The van der Waals surface area contributed by atoms with Crippen LogP contribution >= 0.6 is 0 Å². The number of hydrogen-bond donors (Lipinski definition) is 0. The van der Waals surface area contributed by atoms with Gasteiger partial charge in [-0.2, -0.15) is 0 Å². The second-order valence-electron chi connectivity index (χ2n) is 6.34. The number of rotatable bonds is 2. The predicted octanol–water partition coefficient (Wildman–Crippen LogP) is 3.56. The van der Waals surface area contributed by atoms with Gasteiger partial charge in [0.15, 0.2) is 0 Å². The molecule has 1 atom stereocenters. The summed E-state index contributed by atoms with van der Waals surface area (Å²) in [6.07, 6.45) is 0.486. The highest BCUT2D eigenvalue weighted by Gasteiger charge is 2.30. The fraction of sp³-hybridized carbons (Fsp3) is 0.562. The Bertz CT molecular complexity index is 525. The Balaban J connectivity index is 2.05. The summed E-state index contributed by atoms with van der Waals surface area (Å²) in [5, 5.41) is 0. The Morgan fingerprint density at radius 3 is 2.67 bits per heavy atom. The molecule has 0 N–H and O–H groups in total. The minimum absolute atomic E-state index is 0.113. The van der Waals surface area contributed by atoms with Crippen LogP contribution in [0.2, 0.25) is 0 Å². The largest absolute Gasteiger partial charge is 0.497 e. The summed E-state index contributed by atoms with van der Waals surface area (Å²) < 4.78 is 24.0. The molecule has 1 aromatic carbocycles. The number of methoxy groups -OCH3 is 1. The van der Waals surface area contributed by atoms with Gasteiger partial charge in [-0.3, -0.25) is 0 Å². The van der Waals surface area contributed by atoms with Crippen molar-refractivity contribution in [1.82, 2.24) is 4.90 Å². The normalized spacial score (nSPS) is 18.7. The molecule has 0 aliphatic carbocycles. The van der Waals surface area contributed by atoms with Crippen molar-refractivity contribution in [2.24, 2.45) is 0 Å². The molecule has 0 spiro atoms. The number of ether oxygens (including phenoxy) is 2. The molecular weight excluding hydrogens is 273 g/mol. The third-order valence-corrected chi connectivity index (χ3v) is 3.44. The van der Waals surface area contributed by atoms with Crippen molar-refractivity contribution in [1.29, 1.82) is 0 Å². The lowest BCUT2D eigenvalue weighted by Crippen LogP contribution is -2.35. The molecule has 116 valence electrons. The van der Waals surface area contributed by atoms with Gasteiger partial charge in [0.2, 0.25) is 0 Å². The summed E-state index contributed by atoms with van der Waals surface area (Å²) in [5.41, 5.74) is 0.356. The van der Waals surface area contributed by atoms with E-state index in [1.54, 1.807) is 4.90 Å². The molecule has 1 saturated heterocycles. The Morgan fingerprint density at radius 1 is 1.33 bits per heavy atom. The van der Waals surface area contributed by atoms with Crippen molar-refractivity contribution in [3.8, 4) is 5.75 Å². The molecule has 1 aliphatic heterocycles. The van der Waals surface area contributed by atoms with E-state index in [2.05, 4.69) is 0 Å². The summed E-state index contributed by atoms with van der Waals surface area (Å²) in [4.78, 5) is 13.7. The molecule has 0 radical (unpaired) electrons. The van der Waals surface area contributed by atoms with E-state index in [1.165, 1.54) is 19.2 Å². The Hall–Kier alpha value is -1.78. The highest BCUT2D eigenvalue weighted by atomic mass is 19.1. The fourth-order valence-corrected chi connectivity index (χ4v) is 2.46. The van der Waals surface area contributed by atoms with E-state index in [0.717, 1.165) is 12.0 Å². The topological polar surface area (TPSA) is 38.8 Å². The van der Waals surface area contributed by atoms with Crippen LogP contribution in [0, 0.1) is 5.82 Å². The SMILES string of the molecule is COc1cc(F)cc(C2CCN(C(=O)OC(C)(C)C)C2)c1. The van der Waals surface area contributed by atoms with Crippen LogP contribution in [0.5, 0.6) is 5.75 Å². The zero-order chi connectivity index (χ0) is 15.6. The highest BCUT2D eigenvalue weighted by molar-refractivity contribution is 5.68. The molecule has 5 heteroatoms. The first-order chi connectivity index (χ1) is 9.78. The lowest BCUT2D eigenvalue weighted by atomic mass is 9.98. The van der Waals surface area contributed by atoms with Gasteiger partial charge in [-0.05, 0) is 44.9 Å². The van der Waals surface area contributed by atoms with Crippen molar-refractivity contribution >= 4 is 6.09 Å². The highest BCUT2D eigenvalue weighted by Crippen LogP contribution is 2.31. The molecule has 1 amide bonds. The van der Waals surface area contributed by atoms with E-state index in [4.69, 9.17) is 9.47 Å². The summed E-state index contributed by atoms with van der Waals surface area (Å²) in [6, 6.07) is 4.68. The summed E-state index contributed by atoms with van der Waals surface area (Å²) in [5.74, 6) is 0.294. The van der Waals surface area contributed by atoms with Gasteiger partial charge in [0.05, 0.1) is 7.11 Å². The predicted molar refractivity (Wildman–Crippen MR) is 78.1 cm³/mol. The average Bonchev–Trinajstić information content (AvgIpc) is 2.85. The van der Waals surface area contributed by atoms with Crippen molar-refractivity contribution in [3.63, 3.8) is 0 Å². The van der Waals surface area contributed by atoms with Crippen molar-refractivity contribution in [3.05, 3.63) is 29.6 Å². The van der Waals surface area contributed by atoms with Crippen LogP contribution in [-0.2, 0) is 4.74 Å². The second-order valence-corrected chi connectivity index (χ2v) is 6.34. The molecule has 1 unspecified atom stereocenters. The molecule has 1 fully saturated rings. The Labute approximate surface area is 124 Å². The second kappa shape index (κ2) is 5.92. The van der Waals surface area contributed by atoms with Gasteiger partial charge >= 0.3 is 6.09 Å². The van der Waals surface area contributed by atoms with Gasteiger partial charge in [-0.1, -0.05) is 0 Å². The maximum Gasteiger partial charge on any atom is 0.410 e. The van der Waals surface area contributed by atoms with Crippen molar-refractivity contribution in [2.75, 3.05) is 20.2 Å². The summed E-state index contributed by atoms with van der Waals surface area (Å²) in [7, 11) is 1.51. The van der Waals surface area contributed by atoms with E-state index < -0.39 is 5.60 Å². The number of halogens is 1. The first kappa shape index (κ1) is 15.6. The molecule has 0 aromatic heterocycles. The standard InChI is InChI=1S/C16H22FNO3/c1-16(2,3)21-15(19)18-6-5-11(10-18)12-7-13(17)9-14(8-12)20-4/h7-9,11H,5-6,10H2,1-4H3. The fourth-order valence-electron chi connectivity index (χ4n) is 2.46. The zero-order valence-electron chi connectivity index (χ0n) is 13.0. The molecular formula is C16H22FNO3. The van der Waals surface area contributed by atoms with Crippen LogP contribution in [0.25, 0.3) is 0 Å². The number of likely N-dealkylation sites (tertiary alicyclic amines) is 1. The monoisotopic (exact) mass is 295 g/mol. The lowest BCUT2D eigenvalue weighted by Gasteiger charge is -2.24. The maximum atomic E-state index is 13.6. The molecule has 1 aliphatic rings. The minimum Gasteiger partial charge on any atom is -0.497 e. The van der Waals surface area contributed by atoms with Gasteiger partial charge in [-0.25, -0.2) is 9.18 Å². The number of carbonyl (C=O) groups excluding carboxylic acids is 1. The number of benzene rings is 1. The lowest BCUT2D eigenvalue weighted by molar-refractivity contribution is 0.0292. The smallest absolute Gasteiger partial charge is 0.410 e. The first-order valence-corrected chi connectivity index (χ1v) is 7.11. The van der Waals surface area contributed by atoms with Gasteiger partial charge in [0, 0.05) is 25.1 Å². The van der Waals surface area contributed by atoms with Crippen LogP contribution in [0.3, 0.4) is 0 Å². The molecule has 1 heterocycles. The third kappa shape index (κ3) is 4.09. The number of amides is 1. The number of hydrogen-bond acceptors (Lipinski definition) is 3. The van der Waals surface area contributed by atoms with Gasteiger partial charge < -0.3 is 14.4 Å². The minimum atomic E-state index is -0.503. The summed E-state index contributed by atoms with van der Waals surface area (Å²) in [6.45, 7) is 6.70. The maximum absolute atomic E-state index is 13.6. The Kier molecular flexibility index (Phi) is 4.40. The van der Waals surface area contributed by atoms with Gasteiger partial charge in [0.25, 0.3) is 0 Å². The Morgan fingerprint density at radius 2 is 2.05 bits per heavy atom. The summed E-state index contributed by atoms with van der Waals surface area (Å²) >= 11 is 0. The zero-order valence-corrected chi connectivity index (χ0v) is 13.0. The number of nitrogens with zero attached hydrogens (tertiary/aromatic N) is 1. The quantitative estimate of drug-likeness (QED) is 0.837. The van der Waals surface area contributed by atoms with Crippen LogP contribution in [-0.4, -0.2) is 36.8 Å². The molecule has 0 bridgehead atoms. The van der Waals surface area contributed by atoms with Gasteiger partial charge in [0.1, 0.15) is 17.2 Å². The van der Waals surface area contributed by atoms with Crippen molar-refractivity contribution in [2.45, 2.75) is 38.7 Å². The van der Waals surface area contributed by atoms with Crippen LogP contribution in [0.1, 0.15) is 38.7 Å².